The highest BCUT2D eigenvalue weighted by Gasteiger charge is 2.44. The molecule has 9 heteroatoms. The lowest BCUT2D eigenvalue weighted by atomic mass is 9.96. The maximum absolute atomic E-state index is 11.4. The summed E-state index contributed by atoms with van der Waals surface area (Å²) in [4.78, 5) is 4.24. The zero-order valence-electron chi connectivity index (χ0n) is 15.2. The van der Waals surface area contributed by atoms with Crippen molar-refractivity contribution in [1.29, 1.82) is 0 Å². The molecule has 1 aliphatic carbocycles. The number of halogens is 2. The Morgan fingerprint density at radius 3 is 2.58 bits per heavy atom. The molecular formula is C17H28BrIN4O2S. The number of nitrogens with zero attached hydrogens (tertiary/aromatic N) is 1. The van der Waals surface area contributed by atoms with E-state index in [2.05, 4.69) is 54.5 Å². The minimum absolute atomic E-state index is 0. The van der Waals surface area contributed by atoms with Crippen molar-refractivity contribution in [2.24, 2.45) is 4.99 Å². The molecule has 26 heavy (non-hydrogen) atoms. The fourth-order valence-electron chi connectivity index (χ4n) is 2.64. The van der Waals surface area contributed by atoms with E-state index in [0.717, 1.165) is 17.0 Å². The smallest absolute Gasteiger partial charge is 0.211 e. The molecule has 0 unspecified atom stereocenters. The van der Waals surface area contributed by atoms with Gasteiger partial charge in [-0.3, -0.25) is 4.99 Å². The maximum atomic E-state index is 11.4. The molecule has 1 aromatic carbocycles. The van der Waals surface area contributed by atoms with E-state index in [0.29, 0.717) is 19.5 Å². The summed E-state index contributed by atoms with van der Waals surface area (Å²) in [6.07, 6.45) is 3.05. The lowest BCUT2D eigenvalue weighted by Crippen LogP contribution is -2.42. The minimum Gasteiger partial charge on any atom is -0.356 e. The number of sulfonamides is 1. The highest BCUT2D eigenvalue weighted by molar-refractivity contribution is 14.0. The molecule has 0 amide bonds. The SMILES string of the molecule is CCS(=O)(=O)NCCCNC(=NC)NCC1(c2cccc(Br)c2)CC1.I. The summed E-state index contributed by atoms with van der Waals surface area (Å²) in [6.45, 7) is 3.56. The third-order valence-corrected chi connectivity index (χ3v) is 6.35. The van der Waals surface area contributed by atoms with Gasteiger partial charge in [0.1, 0.15) is 0 Å². The number of rotatable bonds is 9. The fourth-order valence-corrected chi connectivity index (χ4v) is 3.69. The van der Waals surface area contributed by atoms with Gasteiger partial charge in [-0.15, -0.1) is 24.0 Å². The summed E-state index contributed by atoms with van der Waals surface area (Å²) in [5.74, 6) is 0.862. The first-order chi connectivity index (χ1) is 11.9. The lowest BCUT2D eigenvalue weighted by molar-refractivity contribution is 0.579. The van der Waals surface area contributed by atoms with Gasteiger partial charge in [0, 0.05) is 36.6 Å². The van der Waals surface area contributed by atoms with Crippen molar-refractivity contribution < 1.29 is 8.42 Å². The van der Waals surface area contributed by atoms with Gasteiger partial charge in [0.2, 0.25) is 10.0 Å². The van der Waals surface area contributed by atoms with Crippen LogP contribution in [-0.2, 0) is 15.4 Å². The van der Waals surface area contributed by atoms with Crippen molar-refractivity contribution in [3.63, 3.8) is 0 Å². The lowest BCUT2D eigenvalue weighted by Gasteiger charge is -2.19. The van der Waals surface area contributed by atoms with Crippen molar-refractivity contribution in [3.05, 3.63) is 34.3 Å². The first-order valence-electron chi connectivity index (χ1n) is 8.59. The number of benzene rings is 1. The normalized spacial score (nSPS) is 15.9. The summed E-state index contributed by atoms with van der Waals surface area (Å²) in [5, 5.41) is 6.63. The maximum Gasteiger partial charge on any atom is 0.211 e. The van der Waals surface area contributed by atoms with Crippen LogP contribution in [0.2, 0.25) is 0 Å². The number of guanidine groups is 1. The van der Waals surface area contributed by atoms with Crippen LogP contribution < -0.4 is 15.4 Å². The first-order valence-corrected chi connectivity index (χ1v) is 11.0. The zero-order chi connectivity index (χ0) is 18.3. The highest BCUT2D eigenvalue weighted by Crippen LogP contribution is 2.48. The molecule has 0 radical (unpaired) electrons. The summed E-state index contributed by atoms with van der Waals surface area (Å²) < 4.78 is 26.4. The molecule has 1 aliphatic rings. The Balaban J connectivity index is 0.00000338. The molecule has 1 aromatic rings. The van der Waals surface area contributed by atoms with Crippen LogP contribution in [0.3, 0.4) is 0 Å². The van der Waals surface area contributed by atoms with Crippen LogP contribution in [0.5, 0.6) is 0 Å². The van der Waals surface area contributed by atoms with Crippen LogP contribution in [0.25, 0.3) is 0 Å². The van der Waals surface area contributed by atoms with Crippen LogP contribution in [0, 0.1) is 0 Å². The first kappa shape index (κ1) is 23.6. The van der Waals surface area contributed by atoms with Crippen LogP contribution in [-0.4, -0.2) is 46.8 Å². The van der Waals surface area contributed by atoms with Crippen molar-refractivity contribution in [2.75, 3.05) is 32.4 Å². The topological polar surface area (TPSA) is 82.6 Å². The Morgan fingerprint density at radius 2 is 2.00 bits per heavy atom. The monoisotopic (exact) mass is 558 g/mol. The van der Waals surface area contributed by atoms with Gasteiger partial charge in [0.15, 0.2) is 5.96 Å². The van der Waals surface area contributed by atoms with Gasteiger partial charge in [-0.05, 0) is 43.9 Å². The van der Waals surface area contributed by atoms with E-state index in [4.69, 9.17) is 0 Å². The molecular weight excluding hydrogens is 531 g/mol. The van der Waals surface area contributed by atoms with Crippen LogP contribution in [0.15, 0.2) is 33.7 Å². The molecule has 0 aromatic heterocycles. The molecule has 1 fully saturated rings. The molecule has 0 bridgehead atoms. The van der Waals surface area contributed by atoms with Gasteiger partial charge in [0.05, 0.1) is 5.75 Å². The number of hydrogen-bond donors (Lipinski definition) is 3. The Labute approximate surface area is 182 Å². The Hall–Kier alpha value is -0.390. The molecule has 0 atom stereocenters. The van der Waals surface area contributed by atoms with Gasteiger partial charge >= 0.3 is 0 Å². The molecule has 148 valence electrons. The quantitative estimate of drug-likeness (QED) is 0.188. The third-order valence-electron chi connectivity index (χ3n) is 4.46. The Kier molecular flexibility index (Phi) is 9.84. The minimum atomic E-state index is -3.11. The molecule has 6 nitrogen and oxygen atoms in total. The number of aliphatic imine (C=N–C) groups is 1. The van der Waals surface area contributed by atoms with Gasteiger partial charge < -0.3 is 10.6 Å². The second kappa shape index (κ2) is 10.8. The van der Waals surface area contributed by atoms with E-state index in [9.17, 15) is 8.42 Å². The van der Waals surface area contributed by atoms with Crippen LogP contribution >= 0.6 is 39.9 Å². The second-order valence-corrected chi connectivity index (χ2v) is 9.31. The Bertz CT molecular complexity index is 708. The predicted molar refractivity (Wildman–Crippen MR) is 122 cm³/mol. The van der Waals surface area contributed by atoms with Crippen LogP contribution in [0.4, 0.5) is 0 Å². The molecule has 2 rings (SSSR count). The second-order valence-electron chi connectivity index (χ2n) is 6.29. The van der Waals surface area contributed by atoms with Gasteiger partial charge in [-0.25, -0.2) is 13.1 Å². The van der Waals surface area contributed by atoms with E-state index < -0.39 is 10.0 Å². The van der Waals surface area contributed by atoms with E-state index in [1.165, 1.54) is 18.4 Å². The highest BCUT2D eigenvalue weighted by atomic mass is 127. The van der Waals surface area contributed by atoms with Crippen LogP contribution in [0.1, 0.15) is 31.7 Å². The zero-order valence-corrected chi connectivity index (χ0v) is 20.0. The van der Waals surface area contributed by atoms with E-state index in [1.807, 2.05) is 6.07 Å². The van der Waals surface area contributed by atoms with Crippen molar-refractivity contribution in [3.8, 4) is 0 Å². The third kappa shape index (κ3) is 7.32. The predicted octanol–water partition coefficient (Wildman–Crippen LogP) is 2.59. The van der Waals surface area contributed by atoms with E-state index in [-0.39, 0.29) is 35.1 Å². The summed E-state index contributed by atoms with van der Waals surface area (Å²) in [5.41, 5.74) is 1.54. The summed E-state index contributed by atoms with van der Waals surface area (Å²) in [6, 6.07) is 8.48. The van der Waals surface area contributed by atoms with E-state index >= 15 is 0 Å². The Morgan fingerprint density at radius 1 is 1.27 bits per heavy atom. The molecule has 0 heterocycles. The van der Waals surface area contributed by atoms with E-state index in [1.54, 1.807) is 14.0 Å². The van der Waals surface area contributed by atoms with Gasteiger partial charge in [-0.2, -0.15) is 0 Å². The molecule has 0 spiro atoms. The largest absolute Gasteiger partial charge is 0.356 e. The molecule has 3 N–H and O–H groups in total. The summed E-state index contributed by atoms with van der Waals surface area (Å²) in [7, 11) is -1.36. The molecule has 0 aliphatic heterocycles. The van der Waals surface area contributed by atoms with Crippen molar-refractivity contribution in [1.82, 2.24) is 15.4 Å². The molecule has 1 saturated carbocycles. The van der Waals surface area contributed by atoms with Crippen molar-refractivity contribution in [2.45, 2.75) is 31.6 Å². The standard InChI is InChI=1S/C17H27BrN4O2S.HI/c1-3-25(23,24)22-11-5-10-20-16(19-2)21-13-17(8-9-17)14-6-4-7-15(18)12-14;/h4,6-7,12,22H,3,5,8-11,13H2,1-2H3,(H2,19,20,21);1H. The van der Waals surface area contributed by atoms with Crippen molar-refractivity contribution >= 4 is 55.9 Å². The number of hydrogen-bond acceptors (Lipinski definition) is 3. The van der Waals surface area contributed by atoms with Gasteiger partial charge in [0.25, 0.3) is 0 Å². The fraction of sp³-hybridized carbons (Fsp3) is 0.588. The molecule has 0 saturated heterocycles. The van der Waals surface area contributed by atoms with Gasteiger partial charge in [-0.1, -0.05) is 28.1 Å². The summed E-state index contributed by atoms with van der Waals surface area (Å²) >= 11 is 3.54. The number of nitrogens with one attached hydrogen (secondary N) is 3. The average Bonchev–Trinajstić information content (AvgIpc) is 3.38. The average molecular weight is 559 g/mol.